The second-order valence-corrected chi connectivity index (χ2v) is 7.60. The van der Waals surface area contributed by atoms with Crippen LogP contribution in [-0.2, 0) is 14.3 Å². The predicted octanol–water partition coefficient (Wildman–Crippen LogP) is 1.22. The Morgan fingerprint density at radius 3 is 2.17 bits per heavy atom. The van der Waals surface area contributed by atoms with Crippen molar-refractivity contribution in [2.45, 2.75) is 59.6 Å². The van der Waals surface area contributed by atoms with Crippen LogP contribution >= 0.6 is 12.4 Å². The van der Waals surface area contributed by atoms with Crippen LogP contribution in [0.15, 0.2) is 0 Å². The van der Waals surface area contributed by atoms with Crippen LogP contribution in [0.1, 0.15) is 48.0 Å². The van der Waals surface area contributed by atoms with Crippen molar-refractivity contribution in [2.24, 2.45) is 16.6 Å². The molecule has 0 aliphatic heterocycles. The van der Waals surface area contributed by atoms with Gasteiger partial charge in [0.1, 0.15) is 5.54 Å². The smallest absolute Gasteiger partial charge is 0.240 e. The Morgan fingerprint density at radius 1 is 1.22 bits per heavy atom. The fourth-order valence-electron chi connectivity index (χ4n) is 2.60. The van der Waals surface area contributed by atoms with Gasteiger partial charge in [-0.25, -0.2) is 0 Å². The van der Waals surface area contributed by atoms with Gasteiger partial charge >= 0.3 is 0 Å². The van der Waals surface area contributed by atoms with E-state index in [1.54, 1.807) is 0 Å². The Morgan fingerprint density at radius 2 is 1.74 bits per heavy atom. The van der Waals surface area contributed by atoms with Gasteiger partial charge in [-0.05, 0) is 6.92 Å². The summed E-state index contributed by atoms with van der Waals surface area (Å²) >= 11 is 0. The summed E-state index contributed by atoms with van der Waals surface area (Å²) in [5.41, 5.74) is 4.53. The lowest BCUT2D eigenvalue weighted by atomic mass is 9.54. The Bertz CT molecular complexity index is 435. The number of nitrogens with two attached hydrogens (primary N) is 1. The molecule has 0 spiro atoms. The van der Waals surface area contributed by atoms with Crippen LogP contribution in [0.3, 0.4) is 0 Å². The highest BCUT2D eigenvalue weighted by molar-refractivity contribution is 5.89. The maximum atomic E-state index is 12.3. The van der Waals surface area contributed by atoms with Crippen LogP contribution < -0.4 is 16.4 Å². The molecule has 0 bridgehead atoms. The highest BCUT2D eigenvalue weighted by Crippen LogP contribution is 2.49. The molecule has 6 nitrogen and oxygen atoms in total. The topological polar surface area (TPSA) is 93.4 Å². The Balaban J connectivity index is 0.00000484. The highest BCUT2D eigenvalue weighted by atomic mass is 35.5. The molecule has 1 aliphatic carbocycles. The molecule has 0 radical (unpaired) electrons. The van der Waals surface area contributed by atoms with E-state index in [9.17, 15) is 9.59 Å². The van der Waals surface area contributed by atoms with Crippen LogP contribution in [0.5, 0.6) is 0 Å². The summed E-state index contributed by atoms with van der Waals surface area (Å²) in [5, 5.41) is 5.61. The van der Waals surface area contributed by atoms with Gasteiger partial charge in [-0.15, -0.1) is 12.4 Å². The van der Waals surface area contributed by atoms with Crippen LogP contribution in [0.4, 0.5) is 0 Å². The zero-order valence-electron chi connectivity index (χ0n) is 15.1. The maximum absolute atomic E-state index is 12.3. The average molecular weight is 350 g/mol. The summed E-state index contributed by atoms with van der Waals surface area (Å²) in [6.07, 6.45) is 0.530. The molecule has 1 saturated carbocycles. The minimum atomic E-state index is -0.916. The van der Waals surface area contributed by atoms with Crippen molar-refractivity contribution in [2.75, 3.05) is 19.7 Å². The fraction of sp³-hybridized carbons (Fsp3) is 0.875. The molecular weight excluding hydrogens is 318 g/mol. The second kappa shape index (κ2) is 7.81. The quantitative estimate of drug-likeness (QED) is 0.628. The van der Waals surface area contributed by atoms with Crippen LogP contribution in [0.2, 0.25) is 0 Å². The van der Waals surface area contributed by atoms with E-state index in [-0.39, 0.29) is 30.3 Å². The lowest BCUT2D eigenvalue weighted by Crippen LogP contribution is -2.75. The molecule has 0 aromatic rings. The van der Waals surface area contributed by atoms with Gasteiger partial charge < -0.3 is 21.1 Å². The molecular formula is C16H32ClN3O3. The van der Waals surface area contributed by atoms with Gasteiger partial charge in [0.15, 0.2) is 0 Å². The first-order valence-electron chi connectivity index (χ1n) is 7.94. The van der Waals surface area contributed by atoms with E-state index < -0.39 is 16.4 Å². The second-order valence-electron chi connectivity index (χ2n) is 7.60. The summed E-state index contributed by atoms with van der Waals surface area (Å²) in [4.78, 5) is 24.1. The van der Waals surface area contributed by atoms with Crippen molar-refractivity contribution < 1.29 is 14.3 Å². The number of carbonyl (C=O) groups excluding carboxylic acids is 2. The molecule has 0 aromatic heterocycles. The third-order valence-electron chi connectivity index (χ3n) is 4.61. The molecule has 2 atom stereocenters. The van der Waals surface area contributed by atoms with Crippen molar-refractivity contribution in [1.29, 1.82) is 0 Å². The molecule has 7 heteroatoms. The first kappa shape index (κ1) is 22.1. The van der Waals surface area contributed by atoms with Gasteiger partial charge in [-0.3, -0.25) is 9.59 Å². The van der Waals surface area contributed by atoms with Crippen molar-refractivity contribution in [3.05, 3.63) is 0 Å². The van der Waals surface area contributed by atoms with E-state index in [1.807, 2.05) is 41.5 Å². The van der Waals surface area contributed by atoms with E-state index in [2.05, 4.69) is 10.6 Å². The molecule has 1 fully saturated rings. The molecule has 2 amide bonds. The number of halogens is 1. The number of nitrogens with one attached hydrogen (secondary N) is 2. The van der Waals surface area contributed by atoms with E-state index in [1.165, 1.54) is 0 Å². The number of rotatable bonds is 6. The van der Waals surface area contributed by atoms with Crippen molar-refractivity contribution in [1.82, 2.24) is 10.6 Å². The SMILES string of the molecule is CCOC1CC(N)(C(=O)NCCNC(=O)C(C)(C)C)C1(C)C.Cl. The van der Waals surface area contributed by atoms with E-state index >= 15 is 0 Å². The van der Waals surface area contributed by atoms with Gasteiger partial charge in [0.05, 0.1) is 6.10 Å². The number of amides is 2. The molecule has 1 rings (SSSR count). The molecule has 0 aromatic carbocycles. The number of carbonyl (C=O) groups is 2. The van der Waals surface area contributed by atoms with Gasteiger partial charge in [-0.1, -0.05) is 34.6 Å². The van der Waals surface area contributed by atoms with E-state index in [0.29, 0.717) is 26.1 Å². The van der Waals surface area contributed by atoms with Crippen molar-refractivity contribution in [3.8, 4) is 0 Å². The van der Waals surface area contributed by atoms with E-state index in [4.69, 9.17) is 10.5 Å². The van der Waals surface area contributed by atoms with Crippen LogP contribution in [-0.4, -0.2) is 43.2 Å². The lowest BCUT2D eigenvalue weighted by molar-refractivity contribution is -0.170. The van der Waals surface area contributed by atoms with Gasteiger partial charge in [0, 0.05) is 36.9 Å². The summed E-state index contributed by atoms with van der Waals surface area (Å²) in [5.74, 6) is -0.219. The number of hydrogen-bond donors (Lipinski definition) is 3. The van der Waals surface area contributed by atoms with Crippen molar-refractivity contribution in [3.63, 3.8) is 0 Å². The Kier molecular flexibility index (Phi) is 7.53. The summed E-state index contributed by atoms with van der Waals surface area (Å²) in [6, 6.07) is 0. The third kappa shape index (κ3) is 4.58. The van der Waals surface area contributed by atoms with E-state index in [0.717, 1.165) is 0 Å². The monoisotopic (exact) mass is 349 g/mol. The molecule has 4 N–H and O–H groups in total. The molecule has 0 heterocycles. The maximum Gasteiger partial charge on any atom is 0.240 e. The largest absolute Gasteiger partial charge is 0.378 e. The Hall–Kier alpha value is -0.850. The molecule has 2 unspecified atom stereocenters. The average Bonchev–Trinajstić information content (AvgIpc) is 2.41. The third-order valence-corrected chi connectivity index (χ3v) is 4.61. The van der Waals surface area contributed by atoms with Crippen LogP contribution in [0.25, 0.3) is 0 Å². The lowest BCUT2D eigenvalue weighted by Gasteiger charge is -2.57. The highest BCUT2D eigenvalue weighted by Gasteiger charge is 2.62. The van der Waals surface area contributed by atoms with Crippen LogP contribution in [0, 0.1) is 10.8 Å². The Labute approximate surface area is 145 Å². The van der Waals surface area contributed by atoms with Crippen molar-refractivity contribution >= 4 is 24.2 Å². The minimum Gasteiger partial charge on any atom is -0.378 e. The molecule has 23 heavy (non-hydrogen) atoms. The first-order chi connectivity index (χ1) is 9.96. The summed E-state index contributed by atoms with van der Waals surface area (Å²) in [7, 11) is 0. The molecule has 136 valence electrons. The van der Waals surface area contributed by atoms with Gasteiger partial charge in [0.2, 0.25) is 11.8 Å². The zero-order chi connectivity index (χ0) is 17.2. The summed E-state index contributed by atoms with van der Waals surface area (Å²) < 4.78 is 5.62. The minimum absolute atomic E-state index is 0. The first-order valence-corrected chi connectivity index (χ1v) is 7.94. The van der Waals surface area contributed by atoms with Gasteiger partial charge in [-0.2, -0.15) is 0 Å². The zero-order valence-corrected chi connectivity index (χ0v) is 15.9. The number of hydrogen-bond acceptors (Lipinski definition) is 4. The fourth-order valence-corrected chi connectivity index (χ4v) is 2.60. The standard InChI is InChI=1S/C16H31N3O3.ClH/c1-7-22-11-10-16(17,15(11,5)6)13(21)19-9-8-18-12(20)14(2,3)4;/h11H,7-10,17H2,1-6H3,(H,18,20)(H,19,21);1H. The number of ether oxygens (including phenoxy) is 1. The van der Waals surface area contributed by atoms with Gasteiger partial charge in [0.25, 0.3) is 0 Å². The molecule has 1 aliphatic rings. The summed E-state index contributed by atoms with van der Waals surface area (Å²) in [6.45, 7) is 12.8. The normalized spacial score (nSPS) is 25.8. The predicted molar refractivity (Wildman–Crippen MR) is 93.5 cm³/mol. The molecule has 0 saturated heterocycles.